The second-order valence-corrected chi connectivity index (χ2v) is 8.89. The van der Waals surface area contributed by atoms with Gasteiger partial charge in [-0.1, -0.05) is 32.6 Å². The summed E-state index contributed by atoms with van der Waals surface area (Å²) >= 11 is 0. The molecule has 0 amide bonds. The summed E-state index contributed by atoms with van der Waals surface area (Å²) in [5.74, 6) is 0.973. The first-order valence-electron chi connectivity index (χ1n) is 11.6. The minimum absolute atomic E-state index is 0.520. The standard InChI is InChI=1S/C23H30N4.C2H6/c1-2-17-3-8-21-20(15-17)22(25-16-24-21)26-18-4-6-19(7-5-18)27-13-11-23(9-10-23)12-14-27;1-2/h2-3,8,15-16,18-19H,1,4-7,9-14H2,(H,24,25,26);1-2H3. The Kier molecular flexibility index (Phi) is 6.19. The molecule has 1 saturated heterocycles. The molecule has 1 N–H and O–H groups in total. The largest absolute Gasteiger partial charge is 0.367 e. The highest BCUT2D eigenvalue weighted by Crippen LogP contribution is 2.54. The summed E-state index contributed by atoms with van der Waals surface area (Å²) in [4.78, 5) is 11.7. The van der Waals surface area contributed by atoms with Gasteiger partial charge in [0.25, 0.3) is 0 Å². The number of piperidine rings is 1. The number of hydrogen-bond donors (Lipinski definition) is 1. The SMILES string of the molecule is C=Cc1ccc2ncnc(NC3CCC(N4CCC5(CC4)CC5)CC3)c2c1.CC. The van der Waals surface area contributed by atoms with Gasteiger partial charge < -0.3 is 10.2 Å². The second-order valence-electron chi connectivity index (χ2n) is 8.89. The smallest absolute Gasteiger partial charge is 0.137 e. The zero-order valence-electron chi connectivity index (χ0n) is 18.2. The third kappa shape index (κ3) is 4.48. The van der Waals surface area contributed by atoms with Crippen molar-refractivity contribution in [2.45, 2.75) is 77.3 Å². The third-order valence-electron chi connectivity index (χ3n) is 7.26. The molecule has 3 fully saturated rings. The summed E-state index contributed by atoms with van der Waals surface area (Å²) in [5, 5.41) is 4.82. The van der Waals surface area contributed by atoms with Crippen LogP contribution in [0.1, 0.15) is 70.8 Å². The normalized spacial score (nSPS) is 25.9. The van der Waals surface area contributed by atoms with Crippen molar-refractivity contribution in [2.75, 3.05) is 18.4 Å². The number of likely N-dealkylation sites (tertiary alicyclic amines) is 1. The molecule has 5 rings (SSSR count). The Hall–Kier alpha value is -1.94. The van der Waals surface area contributed by atoms with E-state index in [2.05, 4.69) is 45.0 Å². The molecule has 2 aromatic rings. The molecule has 1 aliphatic heterocycles. The Morgan fingerprint density at radius 2 is 1.76 bits per heavy atom. The molecule has 3 aliphatic rings. The highest BCUT2D eigenvalue weighted by Gasteiger charge is 2.45. The maximum atomic E-state index is 4.54. The van der Waals surface area contributed by atoms with Crippen molar-refractivity contribution in [3.05, 3.63) is 36.7 Å². The molecule has 2 heterocycles. The lowest BCUT2D eigenvalue weighted by Crippen LogP contribution is -2.45. The Bertz CT molecular complexity index is 824. The van der Waals surface area contributed by atoms with Gasteiger partial charge in [0.15, 0.2) is 0 Å². The van der Waals surface area contributed by atoms with Crippen LogP contribution in [0.3, 0.4) is 0 Å². The first-order chi connectivity index (χ1) is 14.2. The quantitative estimate of drug-likeness (QED) is 0.703. The highest BCUT2D eigenvalue weighted by atomic mass is 15.2. The Morgan fingerprint density at radius 1 is 1.03 bits per heavy atom. The Balaban J connectivity index is 0.000000994. The van der Waals surface area contributed by atoms with Crippen molar-refractivity contribution < 1.29 is 0 Å². The highest BCUT2D eigenvalue weighted by molar-refractivity contribution is 5.90. The molecule has 4 heteroatoms. The fraction of sp³-hybridized carbons (Fsp3) is 0.600. The minimum atomic E-state index is 0.520. The van der Waals surface area contributed by atoms with Gasteiger partial charge in [-0.05, 0) is 87.6 Å². The molecule has 156 valence electrons. The zero-order chi connectivity index (χ0) is 20.3. The molecule has 2 aliphatic carbocycles. The van der Waals surface area contributed by atoms with Crippen molar-refractivity contribution in [3.63, 3.8) is 0 Å². The van der Waals surface area contributed by atoms with Gasteiger partial charge in [0.1, 0.15) is 12.1 Å². The van der Waals surface area contributed by atoms with Crippen LogP contribution in [0.15, 0.2) is 31.1 Å². The monoisotopic (exact) mass is 392 g/mol. The van der Waals surface area contributed by atoms with E-state index in [1.165, 1.54) is 64.5 Å². The van der Waals surface area contributed by atoms with Crippen molar-refractivity contribution >= 4 is 22.8 Å². The van der Waals surface area contributed by atoms with Crippen molar-refractivity contribution in [2.24, 2.45) is 5.41 Å². The number of benzene rings is 1. The van der Waals surface area contributed by atoms with E-state index in [4.69, 9.17) is 0 Å². The van der Waals surface area contributed by atoms with E-state index in [9.17, 15) is 0 Å². The molecule has 0 bridgehead atoms. The van der Waals surface area contributed by atoms with E-state index < -0.39 is 0 Å². The summed E-state index contributed by atoms with van der Waals surface area (Å²) in [6.45, 7) is 10.6. The zero-order valence-corrected chi connectivity index (χ0v) is 18.2. The van der Waals surface area contributed by atoms with E-state index in [-0.39, 0.29) is 0 Å². The molecule has 4 nitrogen and oxygen atoms in total. The van der Waals surface area contributed by atoms with Crippen LogP contribution in [-0.4, -0.2) is 40.0 Å². The molecule has 1 spiro atoms. The Morgan fingerprint density at radius 3 is 2.41 bits per heavy atom. The number of nitrogens with one attached hydrogen (secondary N) is 1. The van der Waals surface area contributed by atoms with Crippen LogP contribution in [0.4, 0.5) is 5.82 Å². The number of aromatic nitrogens is 2. The average Bonchev–Trinajstić information content (AvgIpc) is 3.55. The van der Waals surface area contributed by atoms with Crippen LogP contribution in [0.25, 0.3) is 17.0 Å². The van der Waals surface area contributed by atoms with Gasteiger partial charge in [-0.2, -0.15) is 0 Å². The molecule has 1 aromatic heterocycles. The number of nitrogens with zero attached hydrogens (tertiary/aromatic N) is 3. The van der Waals surface area contributed by atoms with Crippen LogP contribution in [-0.2, 0) is 0 Å². The molecule has 0 radical (unpaired) electrons. The van der Waals surface area contributed by atoms with Crippen LogP contribution in [0, 0.1) is 5.41 Å². The molecule has 1 aromatic carbocycles. The van der Waals surface area contributed by atoms with Crippen LogP contribution in [0.5, 0.6) is 0 Å². The fourth-order valence-corrected chi connectivity index (χ4v) is 5.14. The summed E-state index contributed by atoms with van der Waals surface area (Å²) in [5.41, 5.74) is 2.89. The lowest BCUT2D eigenvalue weighted by molar-refractivity contribution is 0.0975. The average molecular weight is 393 g/mol. The number of hydrogen-bond acceptors (Lipinski definition) is 4. The molecular weight excluding hydrogens is 356 g/mol. The van der Waals surface area contributed by atoms with E-state index in [1.54, 1.807) is 6.33 Å². The Labute approximate surface area is 175 Å². The van der Waals surface area contributed by atoms with Crippen molar-refractivity contribution in [1.29, 1.82) is 0 Å². The van der Waals surface area contributed by atoms with Gasteiger partial charge in [0.05, 0.1) is 5.52 Å². The molecule has 0 unspecified atom stereocenters. The van der Waals surface area contributed by atoms with Gasteiger partial charge in [-0.15, -0.1) is 0 Å². The van der Waals surface area contributed by atoms with E-state index >= 15 is 0 Å². The first kappa shape index (κ1) is 20.3. The molecule has 2 saturated carbocycles. The first-order valence-corrected chi connectivity index (χ1v) is 11.6. The van der Waals surface area contributed by atoms with E-state index in [0.717, 1.165) is 33.7 Å². The predicted octanol–water partition coefficient (Wildman–Crippen LogP) is 5.90. The van der Waals surface area contributed by atoms with Crippen molar-refractivity contribution in [1.82, 2.24) is 14.9 Å². The summed E-state index contributed by atoms with van der Waals surface area (Å²) in [6, 6.07) is 7.57. The second kappa shape index (κ2) is 8.83. The predicted molar refractivity (Wildman–Crippen MR) is 123 cm³/mol. The number of fused-ring (bicyclic) bond motifs is 1. The minimum Gasteiger partial charge on any atom is -0.367 e. The summed E-state index contributed by atoms with van der Waals surface area (Å²) in [7, 11) is 0. The molecular formula is C25H36N4. The van der Waals surface area contributed by atoms with Gasteiger partial charge >= 0.3 is 0 Å². The van der Waals surface area contributed by atoms with Gasteiger partial charge in [-0.25, -0.2) is 9.97 Å². The van der Waals surface area contributed by atoms with E-state index in [1.807, 2.05) is 19.9 Å². The van der Waals surface area contributed by atoms with E-state index in [0.29, 0.717) is 6.04 Å². The number of anilines is 1. The fourth-order valence-electron chi connectivity index (χ4n) is 5.14. The summed E-state index contributed by atoms with van der Waals surface area (Å²) < 4.78 is 0. The van der Waals surface area contributed by atoms with Crippen LogP contribution in [0.2, 0.25) is 0 Å². The molecule has 29 heavy (non-hydrogen) atoms. The third-order valence-corrected chi connectivity index (χ3v) is 7.26. The number of rotatable bonds is 4. The lowest BCUT2D eigenvalue weighted by Gasteiger charge is -2.41. The lowest BCUT2D eigenvalue weighted by atomic mass is 9.86. The van der Waals surface area contributed by atoms with Gasteiger partial charge in [-0.3, -0.25) is 0 Å². The maximum absolute atomic E-state index is 4.54. The van der Waals surface area contributed by atoms with Gasteiger partial charge in [0, 0.05) is 17.5 Å². The molecule has 0 atom stereocenters. The maximum Gasteiger partial charge on any atom is 0.137 e. The summed E-state index contributed by atoms with van der Waals surface area (Å²) in [6.07, 6.45) is 14.5. The topological polar surface area (TPSA) is 41.1 Å². The van der Waals surface area contributed by atoms with Crippen LogP contribution < -0.4 is 5.32 Å². The van der Waals surface area contributed by atoms with Gasteiger partial charge in [0.2, 0.25) is 0 Å². The van der Waals surface area contributed by atoms with Crippen molar-refractivity contribution in [3.8, 4) is 0 Å². The van der Waals surface area contributed by atoms with Crippen LogP contribution >= 0.6 is 0 Å².